The molecule has 0 heterocycles. The third kappa shape index (κ3) is 3.73. The Morgan fingerprint density at radius 3 is 2.41 bits per heavy atom. The molecule has 0 bridgehead atoms. The first-order valence-corrected chi connectivity index (χ1v) is 6.77. The van der Waals surface area contributed by atoms with Crippen molar-refractivity contribution in [2.45, 2.75) is 13.0 Å². The zero-order chi connectivity index (χ0) is 16.1. The Labute approximate surface area is 129 Å². The smallest absolute Gasteiger partial charge is 0.334 e. The van der Waals surface area contributed by atoms with Crippen molar-refractivity contribution in [3.05, 3.63) is 77.6 Å². The number of ether oxygens (including phenoxy) is 2. The van der Waals surface area contributed by atoms with Gasteiger partial charge < -0.3 is 9.47 Å². The SMILES string of the molecule is C=C(C)C(=O)OC(c1ccc(F)cc1)c1cccc(OC)c1. The molecule has 2 rings (SSSR count). The summed E-state index contributed by atoms with van der Waals surface area (Å²) >= 11 is 0. The largest absolute Gasteiger partial charge is 0.497 e. The van der Waals surface area contributed by atoms with Gasteiger partial charge in [-0.2, -0.15) is 0 Å². The molecule has 0 radical (unpaired) electrons. The summed E-state index contributed by atoms with van der Waals surface area (Å²) in [6.07, 6.45) is -0.653. The van der Waals surface area contributed by atoms with Crippen LogP contribution in [0.4, 0.5) is 4.39 Å². The molecule has 4 heteroatoms. The second-order valence-corrected chi connectivity index (χ2v) is 4.89. The maximum absolute atomic E-state index is 13.1. The molecular weight excluding hydrogens is 283 g/mol. The van der Waals surface area contributed by atoms with E-state index in [1.165, 1.54) is 12.1 Å². The third-order valence-electron chi connectivity index (χ3n) is 3.14. The van der Waals surface area contributed by atoms with E-state index in [9.17, 15) is 9.18 Å². The highest BCUT2D eigenvalue weighted by atomic mass is 19.1. The summed E-state index contributed by atoms with van der Waals surface area (Å²) in [5.41, 5.74) is 1.71. The van der Waals surface area contributed by atoms with Crippen molar-refractivity contribution in [3.8, 4) is 5.75 Å². The Balaban J connectivity index is 2.41. The Bertz CT molecular complexity index is 677. The topological polar surface area (TPSA) is 35.5 Å². The highest BCUT2D eigenvalue weighted by Gasteiger charge is 2.20. The first-order valence-electron chi connectivity index (χ1n) is 6.77. The first-order chi connectivity index (χ1) is 10.5. The van der Waals surface area contributed by atoms with Crippen LogP contribution in [0.2, 0.25) is 0 Å². The molecule has 0 saturated carbocycles. The second-order valence-electron chi connectivity index (χ2n) is 4.89. The Morgan fingerprint density at radius 2 is 1.82 bits per heavy atom. The fourth-order valence-electron chi connectivity index (χ4n) is 1.98. The molecule has 0 aromatic heterocycles. The van der Waals surface area contributed by atoms with E-state index < -0.39 is 12.1 Å². The maximum Gasteiger partial charge on any atom is 0.334 e. The predicted molar refractivity (Wildman–Crippen MR) is 82.1 cm³/mol. The molecule has 0 aliphatic heterocycles. The van der Waals surface area contributed by atoms with Crippen LogP contribution in [-0.2, 0) is 9.53 Å². The minimum atomic E-state index is -0.653. The number of esters is 1. The van der Waals surface area contributed by atoms with Crippen LogP contribution in [0.3, 0.4) is 0 Å². The molecule has 114 valence electrons. The molecule has 1 atom stereocenters. The quantitative estimate of drug-likeness (QED) is 0.617. The van der Waals surface area contributed by atoms with Crippen molar-refractivity contribution in [3.63, 3.8) is 0 Å². The monoisotopic (exact) mass is 300 g/mol. The first kappa shape index (κ1) is 15.8. The van der Waals surface area contributed by atoms with E-state index in [4.69, 9.17) is 9.47 Å². The van der Waals surface area contributed by atoms with Gasteiger partial charge in [-0.1, -0.05) is 30.8 Å². The number of rotatable bonds is 5. The van der Waals surface area contributed by atoms with E-state index >= 15 is 0 Å². The summed E-state index contributed by atoms with van der Waals surface area (Å²) in [4.78, 5) is 11.9. The lowest BCUT2D eigenvalue weighted by molar-refractivity contribution is -0.142. The second kappa shape index (κ2) is 6.89. The molecule has 2 aromatic carbocycles. The van der Waals surface area contributed by atoms with Gasteiger partial charge in [-0.05, 0) is 36.8 Å². The molecule has 2 aromatic rings. The highest BCUT2D eigenvalue weighted by Crippen LogP contribution is 2.29. The van der Waals surface area contributed by atoms with Crippen LogP contribution in [0.15, 0.2) is 60.7 Å². The number of carbonyl (C=O) groups excluding carboxylic acids is 1. The third-order valence-corrected chi connectivity index (χ3v) is 3.14. The van der Waals surface area contributed by atoms with E-state index in [1.807, 2.05) is 6.07 Å². The average molecular weight is 300 g/mol. The van der Waals surface area contributed by atoms with E-state index in [2.05, 4.69) is 6.58 Å². The lowest BCUT2D eigenvalue weighted by Crippen LogP contribution is -2.13. The van der Waals surface area contributed by atoms with Crippen molar-refractivity contribution in [1.29, 1.82) is 0 Å². The van der Waals surface area contributed by atoms with Crippen molar-refractivity contribution >= 4 is 5.97 Å². The molecule has 1 unspecified atom stereocenters. The van der Waals surface area contributed by atoms with Crippen LogP contribution in [-0.4, -0.2) is 13.1 Å². The summed E-state index contributed by atoms with van der Waals surface area (Å²) in [5, 5.41) is 0. The number of methoxy groups -OCH3 is 1. The molecule has 0 fully saturated rings. The Hall–Kier alpha value is -2.62. The Morgan fingerprint density at radius 1 is 1.14 bits per heavy atom. The molecule has 0 N–H and O–H groups in total. The molecule has 0 saturated heterocycles. The van der Waals surface area contributed by atoms with Crippen molar-refractivity contribution in [2.75, 3.05) is 7.11 Å². The van der Waals surface area contributed by atoms with Gasteiger partial charge in [0.05, 0.1) is 7.11 Å². The van der Waals surface area contributed by atoms with Crippen LogP contribution in [0.1, 0.15) is 24.2 Å². The average Bonchev–Trinajstić information content (AvgIpc) is 2.53. The van der Waals surface area contributed by atoms with Crippen LogP contribution in [0, 0.1) is 5.82 Å². The molecule has 0 aliphatic carbocycles. The summed E-state index contributed by atoms with van der Waals surface area (Å²) in [7, 11) is 1.56. The number of hydrogen-bond donors (Lipinski definition) is 0. The van der Waals surface area contributed by atoms with Crippen LogP contribution in [0.25, 0.3) is 0 Å². The van der Waals surface area contributed by atoms with Gasteiger partial charge in [0.2, 0.25) is 0 Å². The normalized spacial score (nSPS) is 11.6. The maximum atomic E-state index is 13.1. The number of carbonyl (C=O) groups is 1. The van der Waals surface area contributed by atoms with Gasteiger partial charge in [-0.15, -0.1) is 0 Å². The van der Waals surface area contributed by atoms with Gasteiger partial charge in [0, 0.05) is 11.1 Å². The van der Waals surface area contributed by atoms with Gasteiger partial charge in [-0.3, -0.25) is 0 Å². The van der Waals surface area contributed by atoms with Gasteiger partial charge in [0.15, 0.2) is 6.10 Å². The van der Waals surface area contributed by atoms with Crippen molar-refractivity contribution in [2.24, 2.45) is 0 Å². The molecule has 0 amide bonds. The fourth-order valence-corrected chi connectivity index (χ4v) is 1.98. The number of halogens is 1. The lowest BCUT2D eigenvalue weighted by Gasteiger charge is -2.19. The molecule has 3 nitrogen and oxygen atoms in total. The zero-order valence-electron chi connectivity index (χ0n) is 12.5. The fraction of sp³-hybridized carbons (Fsp3) is 0.167. The van der Waals surface area contributed by atoms with Crippen LogP contribution in [0.5, 0.6) is 5.75 Å². The summed E-state index contributed by atoms with van der Waals surface area (Å²) in [6, 6.07) is 13.0. The molecule has 0 aliphatic rings. The van der Waals surface area contributed by atoms with E-state index in [-0.39, 0.29) is 5.82 Å². The molecule has 0 spiro atoms. The van der Waals surface area contributed by atoms with Crippen molar-refractivity contribution in [1.82, 2.24) is 0 Å². The van der Waals surface area contributed by atoms with Gasteiger partial charge in [-0.25, -0.2) is 9.18 Å². The zero-order valence-corrected chi connectivity index (χ0v) is 12.5. The highest BCUT2D eigenvalue weighted by molar-refractivity contribution is 5.87. The lowest BCUT2D eigenvalue weighted by atomic mass is 10.0. The minimum Gasteiger partial charge on any atom is -0.497 e. The minimum absolute atomic E-state index is 0.301. The van der Waals surface area contributed by atoms with E-state index in [1.54, 1.807) is 44.4 Å². The summed E-state index contributed by atoms with van der Waals surface area (Å²) in [5.74, 6) is -0.201. The Kier molecular flexibility index (Phi) is 4.94. The van der Waals surface area contributed by atoms with Gasteiger partial charge in [0.25, 0.3) is 0 Å². The predicted octanol–water partition coefficient (Wildman–Crippen LogP) is 4.04. The van der Waals surface area contributed by atoms with Gasteiger partial charge in [0.1, 0.15) is 11.6 Å². The van der Waals surface area contributed by atoms with Crippen LogP contribution >= 0.6 is 0 Å². The van der Waals surface area contributed by atoms with Crippen molar-refractivity contribution < 1.29 is 18.7 Å². The van der Waals surface area contributed by atoms with E-state index in [0.717, 1.165) is 5.56 Å². The standard InChI is InChI=1S/C18H17FO3/c1-12(2)18(20)22-17(13-7-9-15(19)10-8-13)14-5-4-6-16(11-14)21-3/h4-11,17H,1H2,2-3H3. The number of hydrogen-bond acceptors (Lipinski definition) is 3. The van der Waals surface area contributed by atoms with E-state index in [0.29, 0.717) is 16.9 Å². The van der Waals surface area contributed by atoms with Gasteiger partial charge >= 0.3 is 5.97 Å². The van der Waals surface area contributed by atoms with Crippen LogP contribution < -0.4 is 4.74 Å². The number of benzene rings is 2. The molecular formula is C18H17FO3. The summed E-state index contributed by atoms with van der Waals surface area (Å²) < 4.78 is 23.8. The molecule has 22 heavy (non-hydrogen) atoms. The summed E-state index contributed by atoms with van der Waals surface area (Å²) in [6.45, 7) is 5.16.